The summed E-state index contributed by atoms with van der Waals surface area (Å²) in [4.78, 5) is 14.6. The van der Waals surface area contributed by atoms with E-state index in [1.165, 1.54) is 0 Å². The van der Waals surface area contributed by atoms with Crippen molar-refractivity contribution in [1.29, 1.82) is 0 Å². The lowest BCUT2D eigenvalue weighted by Crippen LogP contribution is -2.41. The molecule has 2 aromatic rings. The molecule has 0 saturated carbocycles. The summed E-state index contributed by atoms with van der Waals surface area (Å²) < 4.78 is 0. The summed E-state index contributed by atoms with van der Waals surface area (Å²) in [5.74, 6) is -0.0878. The first-order valence-electron chi connectivity index (χ1n) is 7.70. The molecule has 2 aromatic carbocycles. The standard InChI is InChI=1S/C19H24N2O/c1-15(16(2)20)19(22)21(13-17-9-5-3-6-10-17)14-18-11-7-4-8-12-18/h3-12,15-16H,13-14,20H2,1-2H3. The molecule has 0 aliphatic carbocycles. The zero-order chi connectivity index (χ0) is 15.9. The minimum absolute atomic E-state index is 0.0997. The third-order valence-corrected chi connectivity index (χ3v) is 3.92. The highest BCUT2D eigenvalue weighted by molar-refractivity contribution is 5.79. The summed E-state index contributed by atoms with van der Waals surface area (Å²) in [6, 6.07) is 20.0. The van der Waals surface area contributed by atoms with Gasteiger partial charge in [0.25, 0.3) is 0 Å². The monoisotopic (exact) mass is 296 g/mol. The average Bonchev–Trinajstić information content (AvgIpc) is 2.54. The highest BCUT2D eigenvalue weighted by Crippen LogP contribution is 2.15. The molecule has 116 valence electrons. The van der Waals surface area contributed by atoms with Crippen LogP contribution in [0.4, 0.5) is 0 Å². The van der Waals surface area contributed by atoms with Gasteiger partial charge >= 0.3 is 0 Å². The first-order chi connectivity index (χ1) is 10.6. The Morgan fingerprint density at radius 3 is 1.68 bits per heavy atom. The Hall–Kier alpha value is -2.13. The lowest BCUT2D eigenvalue weighted by molar-refractivity contribution is -0.136. The van der Waals surface area contributed by atoms with Gasteiger partial charge in [0, 0.05) is 19.1 Å². The van der Waals surface area contributed by atoms with Crippen molar-refractivity contribution in [2.45, 2.75) is 33.0 Å². The van der Waals surface area contributed by atoms with Crippen molar-refractivity contribution in [3.63, 3.8) is 0 Å². The second kappa shape index (κ2) is 7.76. The summed E-state index contributed by atoms with van der Waals surface area (Å²) in [7, 11) is 0. The highest BCUT2D eigenvalue weighted by Gasteiger charge is 2.23. The van der Waals surface area contributed by atoms with Crippen molar-refractivity contribution >= 4 is 5.91 Å². The van der Waals surface area contributed by atoms with E-state index in [0.29, 0.717) is 13.1 Å². The molecule has 2 unspecified atom stereocenters. The molecule has 0 aliphatic heterocycles. The van der Waals surface area contributed by atoms with Gasteiger partial charge in [-0.05, 0) is 18.1 Å². The van der Waals surface area contributed by atoms with Gasteiger partial charge in [0.1, 0.15) is 0 Å². The maximum atomic E-state index is 12.7. The molecular weight excluding hydrogens is 272 g/mol. The molecule has 0 bridgehead atoms. The van der Waals surface area contributed by atoms with Crippen molar-refractivity contribution in [2.24, 2.45) is 11.7 Å². The number of benzene rings is 2. The molecular formula is C19H24N2O. The van der Waals surface area contributed by atoms with Crippen molar-refractivity contribution in [3.8, 4) is 0 Å². The third-order valence-electron chi connectivity index (χ3n) is 3.92. The number of carbonyl (C=O) groups excluding carboxylic acids is 1. The molecule has 0 heterocycles. The van der Waals surface area contributed by atoms with E-state index in [2.05, 4.69) is 0 Å². The van der Waals surface area contributed by atoms with Gasteiger partial charge in [0.15, 0.2) is 0 Å². The first kappa shape index (κ1) is 16.2. The molecule has 0 aliphatic rings. The van der Waals surface area contributed by atoms with Crippen molar-refractivity contribution in [3.05, 3.63) is 71.8 Å². The minimum Gasteiger partial charge on any atom is -0.334 e. The van der Waals surface area contributed by atoms with Gasteiger partial charge in [-0.2, -0.15) is 0 Å². The van der Waals surface area contributed by atoms with E-state index < -0.39 is 0 Å². The summed E-state index contributed by atoms with van der Waals surface area (Å²) >= 11 is 0. The van der Waals surface area contributed by atoms with E-state index in [0.717, 1.165) is 11.1 Å². The van der Waals surface area contributed by atoms with E-state index in [9.17, 15) is 4.79 Å². The fourth-order valence-corrected chi connectivity index (χ4v) is 2.33. The number of hydrogen-bond acceptors (Lipinski definition) is 2. The molecule has 0 radical (unpaired) electrons. The Labute approximate surface area is 132 Å². The molecule has 3 heteroatoms. The van der Waals surface area contributed by atoms with E-state index in [1.807, 2.05) is 79.4 Å². The average molecular weight is 296 g/mol. The van der Waals surface area contributed by atoms with Crippen molar-refractivity contribution in [1.82, 2.24) is 4.90 Å². The molecule has 2 N–H and O–H groups in total. The van der Waals surface area contributed by atoms with Gasteiger partial charge in [-0.15, -0.1) is 0 Å². The SMILES string of the molecule is CC(N)C(C)C(=O)N(Cc1ccccc1)Cc1ccccc1. The van der Waals surface area contributed by atoms with Crippen LogP contribution in [0, 0.1) is 5.92 Å². The molecule has 2 rings (SSSR count). The molecule has 2 atom stereocenters. The smallest absolute Gasteiger partial charge is 0.227 e. The van der Waals surface area contributed by atoms with Gasteiger partial charge in [-0.1, -0.05) is 67.6 Å². The van der Waals surface area contributed by atoms with Gasteiger partial charge in [-0.3, -0.25) is 4.79 Å². The summed E-state index contributed by atoms with van der Waals surface area (Å²) in [5, 5.41) is 0. The maximum Gasteiger partial charge on any atom is 0.227 e. The molecule has 0 aromatic heterocycles. The Balaban J connectivity index is 2.18. The largest absolute Gasteiger partial charge is 0.334 e. The van der Waals surface area contributed by atoms with Crippen LogP contribution >= 0.6 is 0 Å². The third kappa shape index (κ3) is 4.43. The second-order valence-electron chi connectivity index (χ2n) is 5.81. The van der Waals surface area contributed by atoms with Crippen LogP contribution in [0.1, 0.15) is 25.0 Å². The predicted octanol–water partition coefficient (Wildman–Crippen LogP) is 3.20. The Morgan fingerprint density at radius 1 is 0.909 bits per heavy atom. The maximum absolute atomic E-state index is 12.7. The summed E-state index contributed by atoms with van der Waals surface area (Å²) in [5.41, 5.74) is 8.17. The van der Waals surface area contributed by atoms with E-state index in [1.54, 1.807) is 0 Å². The van der Waals surface area contributed by atoms with Crippen LogP contribution in [-0.4, -0.2) is 16.8 Å². The summed E-state index contributed by atoms with van der Waals surface area (Å²) in [6.07, 6.45) is 0. The normalized spacial score (nSPS) is 13.4. The zero-order valence-corrected chi connectivity index (χ0v) is 13.3. The number of amides is 1. The number of nitrogens with zero attached hydrogens (tertiary/aromatic N) is 1. The highest BCUT2D eigenvalue weighted by atomic mass is 16.2. The fourth-order valence-electron chi connectivity index (χ4n) is 2.33. The lowest BCUT2D eigenvalue weighted by atomic mass is 10.0. The Bertz CT molecular complexity index is 539. The Morgan fingerprint density at radius 2 is 1.32 bits per heavy atom. The van der Waals surface area contributed by atoms with E-state index >= 15 is 0 Å². The second-order valence-corrected chi connectivity index (χ2v) is 5.81. The first-order valence-corrected chi connectivity index (χ1v) is 7.70. The topological polar surface area (TPSA) is 46.3 Å². The van der Waals surface area contributed by atoms with Crippen LogP contribution in [0.2, 0.25) is 0 Å². The van der Waals surface area contributed by atoms with E-state index in [-0.39, 0.29) is 17.9 Å². The molecule has 1 amide bonds. The number of carbonyl (C=O) groups is 1. The molecule has 0 saturated heterocycles. The number of hydrogen-bond donors (Lipinski definition) is 1. The lowest BCUT2D eigenvalue weighted by Gasteiger charge is -2.27. The molecule has 22 heavy (non-hydrogen) atoms. The number of nitrogens with two attached hydrogens (primary N) is 1. The van der Waals surface area contributed by atoms with Crippen LogP contribution in [0.25, 0.3) is 0 Å². The van der Waals surface area contributed by atoms with E-state index in [4.69, 9.17) is 5.73 Å². The molecule has 0 spiro atoms. The number of rotatable bonds is 6. The van der Waals surface area contributed by atoms with Crippen LogP contribution in [0.3, 0.4) is 0 Å². The van der Waals surface area contributed by atoms with Crippen LogP contribution < -0.4 is 5.73 Å². The summed E-state index contributed by atoms with van der Waals surface area (Å²) in [6.45, 7) is 4.99. The van der Waals surface area contributed by atoms with Gasteiger partial charge < -0.3 is 10.6 Å². The van der Waals surface area contributed by atoms with Gasteiger partial charge in [0.05, 0.1) is 5.92 Å². The van der Waals surface area contributed by atoms with Gasteiger partial charge in [-0.25, -0.2) is 0 Å². The van der Waals surface area contributed by atoms with Crippen molar-refractivity contribution < 1.29 is 4.79 Å². The zero-order valence-electron chi connectivity index (χ0n) is 13.3. The molecule has 3 nitrogen and oxygen atoms in total. The van der Waals surface area contributed by atoms with Crippen LogP contribution in [-0.2, 0) is 17.9 Å². The van der Waals surface area contributed by atoms with Crippen molar-refractivity contribution in [2.75, 3.05) is 0 Å². The Kier molecular flexibility index (Phi) is 5.73. The molecule has 0 fully saturated rings. The van der Waals surface area contributed by atoms with Crippen LogP contribution in [0.15, 0.2) is 60.7 Å². The predicted molar refractivity (Wildman–Crippen MR) is 90.0 cm³/mol. The minimum atomic E-state index is -0.188. The van der Waals surface area contributed by atoms with Gasteiger partial charge in [0.2, 0.25) is 5.91 Å². The quantitative estimate of drug-likeness (QED) is 0.890. The fraction of sp³-hybridized carbons (Fsp3) is 0.316. The van der Waals surface area contributed by atoms with Crippen LogP contribution in [0.5, 0.6) is 0 Å².